The molecule has 1 fully saturated rings. The van der Waals surface area contributed by atoms with Gasteiger partial charge in [-0.15, -0.1) is 0 Å². The third-order valence-corrected chi connectivity index (χ3v) is 5.33. The molecule has 3 rings (SSSR count). The van der Waals surface area contributed by atoms with Crippen LogP contribution in [0.2, 0.25) is 0 Å². The molecule has 4 heteroatoms. The number of likely N-dealkylation sites (tertiary alicyclic amines) is 1. The van der Waals surface area contributed by atoms with Gasteiger partial charge in [-0.05, 0) is 49.4 Å². The van der Waals surface area contributed by atoms with Crippen molar-refractivity contribution in [1.29, 1.82) is 0 Å². The van der Waals surface area contributed by atoms with Crippen LogP contribution < -0.4 is 0 Å². The molecule has 0 radical (unpaired) electrons. The number of ketones is 1. The number of carbonyl (C=O) groups excluding carboxylic acids is 1. The number of rotatable bonds is 6. The van der Waals surface area contributed by atoms with Crippen molar-refractivity contribution in [3.8, 4) is 0 Å². The number of hydrogen-bond donors (Lipinski definition) is 0. The Morgan fingerprint density at radius 3 is 2.62 bits per heavy atom. The highest BCUT2D eigenvalue weighted by atomic mass is 16.1. The normalized spacial score (nSPS) is 18.8. The summed E-state index contributed by atoms with van der Waals surface area (Å²) in [5.74, 6) is 0.441. The van der Waals surface area contributed by atoms with Crippen LogP contribution in [0.4, 0.5) is 0 Å². The van der Waals surface area contributed by atoms with Gasteiger partial charge in [0.2, 0.25) is 0 Å². The lowest BCUT2D eigenvalue weighted by molar-refractivity contribution is 0.0817. The Balaban J connectivity index is 1.54. The minimum absolute atomic E-state index is 0.123. The second kappa shape index (κ2) is 8.17. The van der Waals surface area contributed by atoms with Gasteiger partial charge in [0.05, 0.1) is 0 Å². The molecule has 0 amide bonds. The van der Waals surface area contributed by atoms with Crippen LogP contribution in [0.25, 0.3) is 0 Å². The first kappa shape index (κ1) is 18.8. The van der Waals surface area contributed by atoms with E-state index in [1.165, 1.54) is 5.56 Å². The van der Waals surface area contributed by atoms with Gasteiger partial charge in [-0.25, -0.2) is 0 Å². The van der Waals surface area contributed by atoms with E-state index in [1.807, 2.05) is 35.3 Å². The summed E-state index contributed by atoms with van der Waals surface area (Å²) in [6.45, 7) is 10.6. The second-order valence-corrected chi connectivity index (χ2v) is 8.45. The summed E-state index contributed by atoms with van der Waals surface area (Å²) in [5, 5.41) is 4.25. The molecule has 2 heterocycles. The van der Waals surface area contributed by atoms with Gasteiger partial charge in [0.15, 0.2) is 5.78 Å². The van der Waals surface area contributed by atoms with Gasteiger partial charge in [0.25, 0.3) is 0 Å². The number of aromatic nitrogens is 2. The van der Waals surface area contributed by atoms with Crippen molar-refractivity contribution < 1.29 is 4.79 Å². The fourth-order valence-electron chi connectivity index (χ4n) is 3.73. The standard InChI is InChI=1S/C22H31N3O/c1-22(2,3)20-10-8-18(9-11-20)21(26)19-7-4-13-24(17-19)14-6-16-25-15-5-12-23-25/h5,8-12,15,19H,4,6-7,13-14,16-17H2,1-3H3/t19-/m0/s1. The third kappa shape index (κ3) is 4.82. The molecule has 4 nitrogen and oxygen atoms in total. The van der Waals surface area contributed by atoms with Crippen LogP contribution in [0.5, 0.6) is 0 Å². The highest BCUT2D eigenvalue weighted by molar-refractivity contribution is 5.98. The van der Waals surface area contributed by atoms with Crippen LogP contribution in [0, 0.1) is 5.92 Å². The molecule has 0 spiro atoms. The van der Waals surface area contributed by atoms with Crippen LogP contribution >= 0.6 is 0 Å². The number of carbonyl (C=O) groups is 1. The molecule has 0 bridgehead atoms. The van der Waals surface area contributed by atoms with Crippen LogP contribution in [0.3, 0.4) is 0 Å². The van der Waals surface area contributed by atoms with E-state index < -0.39 is 0 Å². The Bertz CT molecular complexity index is 698. The smallest absolute Gasteiger partial charge is 0.167 e. The molecule has 1 saturated heterocycles. The van der Waals surface area contributed by atoms with Gasteiger partial charge in [-0.2, -0.15) is 5.10 Å². The molecule has 26 heavy (non-hydrogen) atoms. The minimum Gasteiger partial charge on any atom is -0.303 e. The van der Waals surface area contributed by atoms with Crippen molar-refractivity contribution in [2.24, 2.45) is 5.92 Å². The predicted octanol–water partition coefficient (Wildman–Crippen LogP) is 4.17. The molecular weight excluding hydrogens is 322 g/mol. The van der Waals surface area contributed by atoms with Crippen LogP contribution in [-0.4, -0.2) is 40.1 Å². The molecular formula is C22H31N3O. The maximum absolute atomic E-state index is 12.9. The third-order valence-electron chi connectivity index (χ3n) is 5.33. The zero-order valence-electron chi connectivity index (χ0n) is 16.3. The van der Waals surface area contributed by atoms with E-state index in [4.69, 9.17) is 0 Å². The first-order chi connectivity index (χ1) is 12.4. The first-order valence-electron chi connectivity index (χ1n) is 9.78. The molecule has 0 unspecified atom stereocenters. The summed E-state index contributed by atoms with van der Waals surface area (Å²) < 4.78 is 1.98. The van der Waals surface area contributed by atoms with Crippen LogP contribution in [-0.2, 0) is 12.0 Å². The highest BCUT2D eigenvalue weighted by Gasteiger charge is 2.26. The summed E-state index contributed by atoms with van der Waals surface area (Å²) in [6.07, 6.45) is 7.01. The molecule has 0 saturated carbocycles. The quantitative estimate of drug-likeness (QED) is 0.732. The van der Waals surface area contributed by atoms with E-state index in [0.29, 0.717) is 5.78 Å². The Kier molecular flexibility index (Phi) is 5.92. The largest absolute Gasteiger partial charge is 0.303 e. The van der Waals surface area contributed by atoms with E-state index in [-0.39, 0.29) is 11.3 Å². The molecule has 1 aromatic carbocycles. The lowest BCUT2D eigenvalue weighted by Gasteiger charge is -2.32. The molecule has 1 aromatic heterocycles. The number of nitrogens with zero attached hydrogens (tertiary/aromatic N) is 3. The minimum atomic E-state index is 0.123. The van der Waals surface area contributed by atoms with Crippen LogP contribution in [0.1, 0.15) is 56.0 Å². The molecule has 1 aliphatic rings. The van der Waals surface area contributed by atoms with Gasteiger partial charge in [0, 0.05) is 37.0 Å². The molecule has 0 aliphatic carbocycles. The summed E-state index contributed by atoms with van der Waals surface area (Å²) in [6, 6.07) is 10.2. The van der Waals surface area contributed by atoms with E-state index in [0.717, 1.165) is 51.0 Å². The number of hydrogen-bond acceptors (Lipinski definition) is 3. The molecule has 2 aromatic rings. The van der Waals surface area contributed by atoms with Gasteiger partial charge in [-0.1, -0.05) is 45.0 Å². The Labute approximate surface area is 157 Å². The number of Topliss-reactive ketones (excluding diaryl/α,β-unsaturated/α-hetero) is 1. The second-order valence-electron chi connectivity index (χ2n) is 8.45. The average molecular weight is 354 g/mol. The molecule has 1 aliphatic heterocycles. The van der Waals surface area contributed by atoms with Crippen molar-refractivity contribution in [2.75, 3.05) is 19.6 Å². The van der Waals surface area contributed by atoms with Crippen molar-refractivity contribution >= 4 is 5.78 Å². The summed E-state index contributed by atoms with van der Waals surface area (Å²) in [7, 11) is 0. The van der Waals surface area contributed by atoms with Crippen molar-refractivity contribution in [1.82, 2.24) is 14.7 Å². The van der Waals surface area contributed by atoms with Crippen molar-refractivity contribution in [2.45, 2.75) is 52.0 Å². The van der Waals surface area contributed by atoms with E-state index >= 15 is 0 Å². The van der Waals surface area contributed by atoms with Crippen molar-refractivity contribution in [3.63, 3.8) is 0 Å². The van der Waals surface area contributed by atoms with Gasteiger partial charge in [0.1, 0.15) is 0 Å². The maximum Gasteiger partial charge on any atom is 0.167 e. The fraction of sp³-hybridized carbons (Fsp3) is 0.545. The monoisotopic (exact) mass is 353 g/mol. The zero-order chi connectivity index (χ0) is 18.6. The van der Waals surface area contributed by atoms with Gasteiger partial charge < -0.3 is 4.90 Å². The molecule has 0 N–H and O–H groups in total. The van der Waals surface area contributed by atoms with Gasteiger partial charge >= 0.3 is 0 Å². The predicted molar refractivity (Wildman–Crippen MR) is 105 cm³/mol. The highest BCUT2D eigenvalue weighted by Crippen LogP contribution is 2.25. The lowest BCUT2D eigenvalue weighted by atomic mass is 9.85. The Morgan fingerprint density at radius 1 is 1.19 bits per heavy atom. The summed E-state index contributed by atoms with van der Waals surface area (Å²) in [5.41, 5.74) is 2.26. The summed E-state index contributed by atoms with van der Waals surface area (Å²) in [4.78, 5) is 15.4. The Morgan fingerprint density at radius 2 is 1.96 bits per heavy atom. The Hall–Kier alpha value is -1.94. The number of benzene rings is 1. The maximum atomic E-state index is 12.9. The van der Waals surface area contributed by atoms with Crippen molar-refractivity contribution in [3.05, 3.63) is 53.9 Å². The van der Waals surface area contributed by atoms with E-state index in [1.54, 1.807) is 0 Å². The first-order valence-corrected chi connectivity index (χ1v) is 9.78. The number of aryl methyl sites for hydroxylation is 1. The molecule has 140 valence electrons. The fourth-order valence-corrected chi connectivity index (χ4v) is 3.73. The van der Waals surface area contributed by atoms with E-state index in [9.17, 15) is 4.79 Å². The molecule has 1 atom stereocenters. The SMILES string of the molecule is CC(C)(C)c1ccc(C(=O)[C@H]2CCCN(CCCn3cccn3)C2)cc1. The zero-order valence-corrected chi connectivity index (χ0v) is 16.3. The average Bonchev–Trinajstić information content (AvgIpc) is 3.14. The van der Waals surface area contributed by atoms with Gasteiger partial charge in [-0.3, -0.25) is 9.48 Å². The topological polar surface area (TPSA) is 38.1 Å². The van der Waals surface area contributed by atoms with E-state index in [2.05, 4.69) is 42.9 Å². The lowest BCUT2D eigenvalue weighted by Crippen LogP contribution is -2.39. The number of piperidine rings is 1. The summed E-state index contributed by atoms with van der Waals surface area (Å²) >= 11 is 0. The van der Waals surface area contributed by atoms with Crippen LogP contribution in [0.15, 0.2) is 42.7 Å².